The van der Waals surface area contributed by atoms with Crippen LogP contribution in [-0.2, 0) is 22.5 Å². The smallest absolute Gasteiger partial charge is 0.337 e. The normalized spacial score (nSPS) is 11.7. The first-order valence-corrected chi connectivity index (χ1v) is 10.8. The van der Waals surface area contributed by atoms with Crippen molar-refractivity contribution in [3.05, 3.63) is 93.2 Å². The molecule has 30 heavy (non-hydrogen) atoms. The molecule has 0 radical (unpaired) electrons. The van der Waals surface area contributed by atoms with E-state index in [1.54, 1.807) is 23.5 Å². The lowest BCUT2D eigenvalue weighted by Gasteiger charge is -2.18. The van der Waals surface area contributed by atoms with Crippen molar-refractivity contribution in [1.29, 1.82) is 0 Å². The third kappa shape index (κ3) is 5.78. The van der Waals surface area contributed by atoms with Crippen LogP contribution in [0.2, 0.25) is 0 Å². The van der Waals surface area contributed by atoms with Crippen LogP contribution in [-0.4, -0.2) is 25.5 Å². The maximum Gasteiger partial charge on any atom is 0.337 e. The summed E-state index contributed by atoms with van der Waals surface area (Å²) in [6.07, 6.45) is 1.00. The number of aryl methyl sites for hydroxylation is 1. The molecule has 156 valence electrons. The van der Waals surface area contributed by atoms with Gasteiger partial charge in [0.1, 0.15) is 0 Å². The Hall–Kier alpha value is -2.96. The summed E-state index contributed by atoms with van der Waals surface area (Å²) in [7, 11) is 1.35. The topological polar surface area (TPSA) is 67.4 Å². The maximum absolute atomic E-state index is 12.4. The lowest BCUT2D eigenvalue weighted by Crippen LogP contribution is -2.35. The maximum atomic E-state index is 12.4. The molecule has 3 rings (SSSR count). The van der Waals surface area contributed by atoms with E-state index in [-0.39, 0.29) is 24.5 Å². The fourth-order valence-electron chi connectivity index (χ4n) is 3.12. The zero-order valence-electron chi connectivity index (χ0n) is 17.2. The minimum absolute atomic E-state index is 0.0269. The second kappa shape index (κ2) is 10.7. The predicted molar refractivity (Wildman–Crippen MR) is 120 cm³/mol. The predicted octanol–water partition coefficient (Wildman–Crippen LogP) is 4.09. The number of benzene rings is 2. The standard InChI is InChI=1S/C24H26N2O3S/c1-3-17-6-10-19(11-7-17)23(21-5-4-14-30-21)26-16-22(27)25-15-18-8-12-20(13-9-18)24(28)29-2/h4-14,23,26H,3,15-16H2,1-2H3,(H,25,27)/t23-/m1/s1. The van der Waals surface area contributed by atoms with E-state index >= 15 is 0 Å². The van der Waals surface area contributed by atoms with Crippen molar-refractivity contribution in [2.75, 3.05) is 13.7 Å². The highest BCUT2D eigenvalue weighted by Crippen LogP contribution is 2.26. The van der Waals surface area contributed by atoms with Crippen molar-refractivity contribution in [3.8, 4) is 0 Å². The fraction of sp³-hybridized carbons (Fsp3) is 0.250. The van der Waals surface area contributed by atoms with Crippen LogP contribution in [0, 0.1) is 0 Å². The molecule has 0 aliphatic carbocycles. The quantitative estimate of drug-likeness (QED) is 0.510. The van der Waals surface area contributed by atoms with E-state index in [1.807, 2.05) is 23.6 Å². The molecule has 3 aromatic rings. The highest BCUT2D eigenvalue weighted by Gasteiger charge is 2.16. The average molecular weight is 423 g/mol. The number of rotatable bonds is 9. The van der Waals surface area contributed by atoms with Crippen LogP contribution in [0.5, 0.6) is 0 Å². The van der Waals surface area contributed by atoms with Crippen molar-refractivity contribution >= 4 is 23.2 Å². The number of methoxy groups -OCH3 is 1. The van der Waals surface area contributed by atoms with Gasteiger partial charge in [0, 0.05) is 11.4 Å². The van der Waals surface area contributed by atoms with Crippen molar-refractivity contribution in [1.82, 2.24) is 10.6 Å². The third-order valence-electron chi connectivity index (χ3n) is 4.88. The second-order valence-electron chi connectivity index (χ2n) is 6.89. The summed E-state index contributed by atoms with van der Waals surface area (Å²) in [4.78, 5) is 25.1. The molecule has 0 fully saturated rings. The highest BCUT2D eigenvalue weighted by molar-refractivity contribution is 7.10. The molecule has 1 heterocycles. The first-order chi connectivity index (χ1) is 14.6. The molecule has 1 amide bonds. The summed E-state index contributed by atoms with van der Waals surface area (Å²) in [5, 5.41) is 8.34. The molecular formula is C24H26N2O3S. The van der Waals surface area contributed by atoms with Gasteiger partial charge in [0.15, 0.2) is 0 Å². The summed E-state index contributed by atoms with van der Waals surface area (Å²) >= 11 is 1.67. The van der Waals surface area contributed by atoms with Gasteiger partial charge in [-0.25, -0.2) is 4.79 Å². The minimum atomic E-state index is -0.374. The molecule has 1 aromatic heterocycles. The van der Waals surface area contributed by atoms with Gasteiger partial charge in [-0.2, -0.15) is 0 Å². The van der Waals surface area contributed by atoms with Gasteiger partial charge in [0.05, 0.1) is 25.3 Å². The molecule has 1 atom stereocenters. The first kappa shape index (κ1) is 21.7. The Morgan fingerprint density at radius 1 is 1.00 bits per heavy atom. The number of hydrogen-bond donors (Lipinski definition) is 2. The molecule has 0 saturated carbocycles. The number of amides is 1. The number of carbonyl (C=O) groups is 2. The van der Waals surface area contributed by atoms with E-state index in [4.69, 9.17) is 4.74 Å². The number of carbonyl (C=O) groups excluding carboxylic acids is 2. The van der Waals surface area contributed by atoms with Crippen LogP contribution in [0.1, 0.15) is 44.9 Å². The summed E-state index contributed by atoms with van der Waals surface area (Å²) in [5.74, 6) is -0.458. The molecule has 5 nitrogen and oxygen atoms in total. The van der Waals surface area contributed by atoms with Gasteiger partial charge in [-0.3, -0.25) is 10.1 Å². The second-order valence-corrected chi connectivity index (χ2v) is 7.87. The van der Waals surface area contributed by atoms with E-state index in [0.29, 0.717) is 12.1 Å². The van der Waals surface area contributed by atoms with Crippen LogP contribution in [0.15, 0.2) is 66.0 Å². The number of hydrogen-bond acceptors (Lipinski definition) is 5. The van der Waals surface area contributed by atoms with Crippen LogP contribution in [0.25, 0.3) is 0 Å². The summed E-state index contributed by atoms with van der Waals surface area (Å²) in [6.45, 7) is 2.74. The zero-order valence-corrected chi connectivity index (χ0v) is 18.0. The Kier molecular flexibility index (Phi) is 7.76. The lowest BCUT2D eigenvalue weighted by molar-refractivity contribution is -0.120. The number of ether oxygens (including phenoxy) is 1. The number of esters is 1. The van der Waals surface area contributed by atoms with Crippen LogP contribution < -0.4 is 10.6 Å². The highest BCUT2D eigenvalue weighted by atomic mass is 32.1. The van der Waals surface area contributed by atoms with Crippen LogP contribution in [0.3, 0.4) is 0 Å². The van der Waals surface area contributed by atoms with Gasteiger partial charge >= 0.3 is 5.97 Å². The molecule has 0 saturated heterocycles. The van der Waals surface area contributed by atoms with E-state index in [1.165, 1.54) is 17.6 Å². The van der Waals surface area contributed by atoms with Crippen LogP contribution in [0.4, 0.5) is 0 Å². The molecule has 0 unspecified atom stereocenters. The van der Waals surface area contributed by atoms with Gasteiger partial charge in [-0.05, 0) is 46.7 Å². The zero-order chi connectivity index (χ0) is 21.3. The molecule has 0 aliphatic rings. The minimum Gasteiger partial charge on any atom is -0.465 e. The van der Waals surface area contributed by atoms with Gasteiger partial charge in [-0.15, -0.1) is 11.3 Å². The van der Waals surface area contributed by atoms with Crippen LogP contribution >= 0.6 is 11.3 Å². The van der Waals surface area contributed by atoms with Crippen molar-refractivity contribution in [2.45, 2.75) is 25.9 Å². The number of nitrogens with one attached hydrogen (secondary N) is 2. The average Bonchev–Trinajstić information content (AvgIpc) is 3.32. The summed E-state index contributed by atoms with van der Waals surface area (Å²) in [5.41, 5.74) is 3.84. The SMILES string of the molecule is CCc1ccc([C@@H](NCC(=O)NCc2ccc(C(=O)OC)cc2)c2cccs2)cc1. The van der Waals surface area contributed by atoms with Crippen molar-refractivity contribution < 1.29 is 14.3 Å². The summed E-state index contributed by atoms with van der Waals surface area (Å²) in [6, 6.07) is 19.6. The molecule has 0 spiro atoms. The van der Waals surface area contributed by atoms with Gasteiger partial charge in [-0.1, -0.05) is 49.4 Å². The monoisotopic (exact) mass is 422 g/mol. The van der Waals surface area contributed by atoms with E-state index < -0.39 is 0 Å². The first-order valence-electron chi connectivity index (χ1n) is 9.90. The Morgan fingerprint density at radius 2 is 1.70 bits per heavy atom. The molecule has 0 bridgehead atoms. The Labute approximate surface area is 181 Å². The van der Waals surface area contributed by atoms with Crippen molar-refractivity contribution in [3.63, 3.8) is 0 Å². The molecular weight excluding hydrogens is 396 g/mol. The molecule has 6 heteroatoms. The molecule has 0 aliphatic heterocycles. The van der Waals surface area contributed by atoms with Gasteiger partial charge < -0.3 is 10.1 Å². The van der Waals surface area contributed by atoms with E-state index in [2.05, 4.69) is 47.9 Å². The summed E-state index contributed by atoms with van der Waals surface area (Å²) < 4.78 is 4.69. The largest absolute Gasteiger partial charge is 0.465 e. The number of thiophene rings is 1. The lowest BCUT2D eigenvalue weighted by atomic mass is 10.0. The Balaban J connectivity index is 1.57. The molecule has 2 aromatic carbocycles. The van der Waals surface area contributed by atoms with E-state index in [9.17, 15) is 9.59 Å². The fourth-order valence-corrected chi connectivity index (χ4v) is 3.95. The molecule has 2 N–H and O–H groups in total. The van der Waals surface area contributed by atoms with Gasteiger partial charge in [0.25, 0.3) is 0 Å². The Bertz CT molecular complexity index is 951. The van der Waals surface area contributed by atoms with Gasteiger partial charge in [0.2, 0.25) is 5.91 Å². The van der Waals surface area contributed by atoms with E-state index in [0.717, 1.165) is 17.5 Å². The third-order valence-corrected chi connectivity index (χ3v) is 5.82. The Morgan fingerprint density at radius 3 is 2.30 bits per heavy atom. The van der Waals surface area contributed by atoms with Crippen molar-refractivity contribution in [2.24, 2.45) is 0 Å².